The van der Waals surface area contributed by atoms with E-state index in [4.69, 9.17) is 5.73 Å². The molecule has 0 aliphatic rings. The number of nitrogen functional groups attached to an aromatic ring is 1. The number of hydrogen-bond acceptors (Lipinski definition) is 2. The molecular formula is C10H19N3. The van der Waals surface area contributed by atoms with Crippen molar-refractivity contribution < 1.29 is 0 Å². The molecule has 0 fully saturated rings. The van der Waals surface area contributed by atoms with Crippen molar-refractivity contribution in [3.63, 3.8) is 0 Å². The molecule has 0 aliphatic heterocycles. The quantitative estimate of drug-likeness (QED) is 0.709. The highest BCUT2D eigenvalue weighted by atomic mass is 15.3. The number of unbranched alkanes of at least 4 members (excludes halogenated alkanes) is 2. The van der Waals surface area contributed by atoms with E-state index >= 15 is 0 Å². The highest BCUT2D eigenvalue weighted by Crippen LogP contribution is 2.15. The normalized spacial score (nSPS) is 13.1. The smallest absolute Gasteiger partial charge is 0.0719 e. The maximum atomic E-state index is 5.59. The third-order valence-electron chi connectivity index (χ3n) is 2.30. The first-order valence-corrected chi connectivity index (χ1v) is 5.03. The number of nitrogens with zero attached hydrogens (tertiary/aromatic N) is 2. The fourth-order valence-corrected chi connectivity index (χ4v) is 1.42. The third kappa shape index (κ3) is 3.09. The summed E-state index contributed by atoms with van der Waals surface area (Å²) in [6.07, 6.45) is 8.65. The van der Waals surface area contributed by atoms with Crippen LogP contribution in [0.4, 0.5) is 5.69 Å². The summed E-state index contributed by atoms with van der Waals surface area (Å²) in [6.45, 7) is 4.40. The lowest BCUT2D eigenvalue weighted by Gasteiger charge is -2.10. The van der Waals surface area contributed by atoms with Gasteiger partial charge in [0.25, 0.3) is 0 Å². The summed E-state index contributed by atoms with van der Waals surface area (Å²) >= 11 is 0. The van der Waals surface area contributed by atoms with Gasteiger partial charge < -0.3 is 5.73 Å². The molecule has 3 nitrogen and oxygen atoms in total. The minimum Gasteiger partial charge on any atom is -0.396 e. The van der Waals surface area contributed by atoms with Crippen LogP contribution in [0.25, 0.3) is 0 Å². The van der Waals surface area contributed by atoms with Gasteiger partial charge in [-0.25, -0.2) is 0 Å². The molecule has 1 atom stereocenters. The fourth-order valence-electron chi connectivity index (χ4n) is 1.42. The Morgan fingerprint density at radius 2 is 2.31 bits per heavy atom. The van der Waals surface area contributed by atoms with Gasteiger partial charge in [-0.3, -0.25) is 4.68 Å². The standard InChI is InChI=1S/C10H19N3/c1-3-4-5-6-9(2)13-8-10(11)7-12-13/h7-9H,3-6,11H2,1-2H3. The highest BCUT2D eigenvalue weighted by Gasteiger charge is 2.04. The average Bonchev–Trinajstić information content (AvgIpc) is 2.52. The molecule has 0 aromatic carbocycles. The summed E-state index contributed by atoms with van der Waals surface area (Å²) in [6, 6.07) is 0.476. The molecule has 13 heavy (non-hydrogen) atoms. The van der Waals surface area contributed by atoms with E-state index in [1.807, 2.05) is 10.9 Å². The molecule has 74 valence electrons. The highest BCUT2D eigenvalue weighted by molar-refractivity contribution is 5.30. The largest absolute Gasteiger partial charge is 0.396 e. The third-order valence-corrected chi connectivity index (χ3v) is 2.30. The van der Waals surface area contributed by atoms with Crippen molar-refractivity contribution in [3.8, 4) is 0 Å². The van der Waals surface area contributed by atoms with E-state index in [1.54, 1.807) is 6.20 Å². The lowest BCUT2D eigenvalue weighted by molar-refractivity contribution is 0.438. The average molecular weight is 181 g/mol. The molecule has 3 heteroatoms. The zero-order valence-electron chi connectivity index (χ0n) is 8.53. The topological polar surface area (TPSA) is 43.8 Å². The van der Waals surface area contributed by atoms with Gasteiger partial charge >= 0.3 is 0 Å². The van der Waals surface area contributed by atoms with E-state index in [9.17, 15) is 0 Å². The van der Waals surface area contributed by atoms with Gasteiger partial charge in [0, 0.05) is 12.2 Å². The maximum absolute atomic E-state index is 5.59. The van der Waals surface area contributed by atoms with Crippen LogP contribution >= 0.6 is 0 Å². The Morgan fingerprint density at radius 3 is 2.85 bits per heavy atom. The summed E-state index contributed by atoms with van der Waals surface area (Å²) in [5.41, 5.74) is 6.34. The molecule has 0 bridgehead atoms. The molecule has 0 saturated carbocycles. The molecule has 0 spiro atoms. The van der Waals surface area contributed by atoms with Gasteiger partial charge in [0.2, 0.25) is 0 Å². The van der Waals surface area contributed by atoms with E-state index in [0.717, 1.165) is 5.69 Å². The lowest BCUT2D eigenvalue weighted by Crippen LogP contribution is -2.05. The Morgan fingerprint density at radius 1 is 1.54 bits per heavy atom. The fraction of sp³-hybridized carbons (Fsp3) is 0.700. The van der Waals surface area contributed by atoms with Crippen molar-refractivity contribution in [2.24, 2.45) is 0 Å². The molecule has 2 N–H and O–H groups in total. The van der Waals surface area contributed by atoms with E-state index in [0.29, 0.717) is 6.04 Å². The number of rotatable bonds is 5. The van der Waals surface area contributed by atoms with Crippen molar-refractivity contribution in [2.45, 2.75) is 45.6 Å². The van der Waals surface area contributed by atoms with Crippen molar-refractivity contribution in [3.05, 3.63) is 12.4 Å². The van der Waals surface area contributed by atoms with Crippen LogP contribution in [0, 0.1) is 0 Å². The predicted molar refractivity (Wildman–Crippen MR) is 55.5 cm³/mol. The summed E-state index contributed by atoms with van der Waals surface area (Å²) < 4.78 is 1.95. The van der Waals surface area contributed by atoms with Gasteiger partial charge in [0.05, 0.1) is 11.9 Å². The first-order chi connectivity index (χ1) is 6.24. The van der Waals surface area contributed by atoms with Crippen molar-refractivity contribution in [1.82, 2.24) is 9.78 Å². The Balaban J connectivity index is 2.35. The van der Waals surface area contributed by atoms with Gasteiger partial charge in [-0.15, -0.1) is 0 Å². The van der Waals surface area contributed by atoms with E-state index in [1.165, 1.54) is 25.7 Å². The van der Waals surface area contributed by atoms with Crippen LogP contribution in [0.1, 0.15) is 45.6 Å². The van der Waals surface area contributed by atoms with Crippen molar-refractivity contribution in [2.75, 3.05) is 5.73 Å². The molecule has 0 amide bonds. The molecule has 1 heterocycles. The first-order valence-electron chi connectivity index (χ1n) is 5.03. The maximum Gasteiger partial charge on any atom is 0.0719 e. The van der Waals surface area contributed by atoms with E-state index < -0.39 is 0 Å². The molecule has 0 aliphatic carbocycles. The van der Waals surface area contributed by atoms with Gasteiger partial charge in [-0.2, -0.15) is 5.10 Å². The number of aromatic nitrogens is 2. The van der Waals surface area contributed by atoms with Crippen LogP contribution in [0.2, 0.25) is 0 Å². The Bertz CT molecular complexity index is 242. The molecular weight excluding hydrogens is 162 g/mol. The Hall–Kier alpha value is -0.990. The zero-order chi connectivity index (χ0) is 9.68. The second-order valence-corrected chi connectivity index (χ2v) is 3.60. The summed E-state index contributed by atoms with van der Waals surface area (Å²) in [7, 11) is 0. The monoisotopic (exact) mass is 181 g/mol. The van der Waals surface area contributed by atoms with Gasteiger partial charge in [0.1, 0.15) is 0 Å². The molecule has 1 unspecified atom stereocenters. The molecule has 1 aromatic heterocycles. The van der Waals surface area contributed by atoms with Gasteiger partial charge in [-0.05, 0) is 13.3 Å². The molecule has 0 radical (unpaired) electrons. The second-order valence-electron chi connectivity index (χ2n) is 3.60. The predicted octanol–water partition coefficient (Wildman–Crippen LogP) is 2.61. The molecule has 1 aromatic rings. The number of nitrogens with two attached hydrogens (primary N) is 1. The summed E-state index contributed by atoms with van der Waals surface area (Å²) in [5.74, 6) is 0. The van der Waals surface area contributed by atoms with Crippen molar-refractivity contribution in [1.29, 1.82) is 0 Å². The molecule has 0 saturated heterocycles. The van der Waals surface area contributed by atoms with Crippen LogP contribution in [0.15, 0.2) is 12.4 Å². The van der Waals surface area contributed by atoms with Gasteiger partial charge in [-0.1, -0.05) is 26.2 Å². The Labute approximate surface area is 79.9 Å². The van der Waals surface area contributed by atoms with Crippen LogP contribution in [-0.4, -0.2) is 9.78 Å². The number of anilines is 1. The van der Waals surface area contributed by atoms with Crippen LogP contribution in [0.3, 0.4) is 0 Å². The van der Waals surface area contributed by atoms with E-state index in [-0.39, 0.29) is 0 Å². The Kier molecular flexibility index (Phi) is 3.80. The summed E-state index contributed by atoms with van der Waals surface area (Å²) in [5, 5.41) is 4.19. The van der Waals surface area contributed by atoms with E-state index in [2.05, 4.69) is 18.9 Å². The summed E-state index contributed by atoms with van der Waals surface area (Å²) in [4.78, 5) is 0. The number of hydrogen-bond donors (Lipinski definition) is 1. The minimum absolute atomic E-state index is 0.476. The minimum atomic E-state index is 0.476. The van der Waals surface area contributed by atoms with Crippen LogP contribution in [-0.2, 0) is 0 Å². The lowest BCUT2D eigenvalue weighted by atomic mass is 10.1. The van der Waals surface area contributed by atoms with Crippen LogP contribution in [0.5, 0.6) is 0 Å². The van der Waals surface area contributed by atoms with Gasteiger partial charge in [0.15, 0.2) is 0 Å². The van der Waals surface area contributed by atoms with Crippen LogP contribution < -0.4 is 5.73 Å². The SMILES string of the molecule is CCCCCC(C)n1cc(N)cn1. The second kappa shape index (κ2) is 4.90. The van der Waals surface area contributed by atoms with Crippen molar-refractivity contribution >= 4 is 5.69 Å². The zero-order valence-corrected chi connectivity index (χ0v) is 8.53. The first kappa shape index (κ1) is 10.1. The molecule has 1 rings (SSSR count).